The van der Waals surface area contributed by atoms with Crippen LogP contribution in [0.3, 0.4) is 0 Å². The number of nitrogens with one attached hydrogen (secondary N) is 1. The fourth-order valence-electron chi connectivity index (χ4n) is 2.32. The van der Waals surface area contributed by atoms with Gasteiger partial charge in [0.1, 0.15) is 0 Å². The summed E-state index contributed by atoms with van der Waals surface area (Å²) >= 11 is 0. The molecule has 1 N–H and O–H groups in total. The second kappa shape index (κ2) is 6.62. The van der Waals surface area contributed by atoms with Gasteiger partial charge in [0, 0.05) is 43.6 Å². The van der Waals surface area contributed by atoms with E-state index in [2.05, 4.69) is 16.5 Å². The van der Waals surface area contributed by atoms with E-state index in [-0.39, 0.29) is 6.03 Å². The van der Waals surface area contributed by atoms with E-state index >= 15 is 0 Å². The van der Waals surface area contributed by atoms with E-state index in [4.69, 9.17) is 0 Å². The molecule has 21 heavy (non-hydrogen) atoms. The molecule has 0 spiro atoms. The van der Waals surface area contributed by atoms with Crippen molar-refractivity contribution in [3.8, 4) is 0 Å². The summed E-state index contributed by atoms with van der Waals surface area (Å²) in [5.41, 5.74) is 2.18. The molecule has 2 heterocycles. The molecule has 1 aromatic heterocycles. The predicted molar refractivity (Wildman–Crippen MR) is 89.4 cm³/mol. The Balaban J connectivity index is 1.62. The minimum Gasteiger partial charge on any atom is -0.334 e. The van der Waals surface area contributed by atoms with Crippen LogP contribution in [-0.4, -0.2) is 45.3 Å². The van der Waals surface area contributed by atoms with Gasteiger partial charge in [0.05, 0.1) is 11.7 Å². The fraction of sp³-hybridized carbons (Fsp3) is 0.429. The predicted octanol–water partition coefficient (Wildman–Crippen LogP) is 2.48. The number of urea groups is 1. The number of aromatic nitrogens is 2. The second-order valence-corrected chi connectivity index (χ2v) is 7.65. The molecule has 0 radical (unpaired) electrons. The lowest BCUT2D eigenvalue weighted by molar-refractivity contribution is 0.204. The zero-order valence-electron chi connectivity index (χ0n) is 11.9. The SMILES string of the molecule is Cn1ncc2ccc(CNC(=O)N3CCSSCC3)cc21. The average molecular weight is 322 g/mol. The third kappa shape index (κ3) is 3.47. The Morgan fingerprint density at radius 3 is 2.86 bits per heavy atom. The first-order chi connectivity index (χ1) is 10.2. The number of carbonyl (C=O) groups excluding carboxylic acids is 1. The van der Waals surface area contributed by atoms with Crippen LogP contribution in [0.15, 0.2) is 24.4 Å². The zero-order valence-corrected chi connectivity index (χ0v) is 13.5. The van der Waals surface area contributed by atoms with Crippen molar-refractivity contribution in [3.63, 3.8) is 0 Å². The first kappa shape index (κ1) is 14.6. The average Bonchev–Trinajstić information content (AvgIpc) is 2.72. The summed E-state index contributed by atoms with van der Waals surface area (Å²) in [7, 11) is 5.61. The third-order valence-corrected chi connectivity index (χ3v) is 5.88. The van der Waals surface area contributed by atoms with E-state index in [1.54, 1.807) is 0 Å². The molecule has 112 valence electrons. The minimum absolute atomic E-state index is 0.0307. The number of aryl methyl sites for hydroxylation is 1. The van der Waals surface area contributed by atoms with Crippen LogP contribution in [0.5, 0.6) is 0 Å². The molecular formula is C14H18N4OS2. The Bertz CT molecular complexity index is 635. The van der Waals surface area contributed by atoms with Crippen LogP contribution in [0.25, 0.3) is 10.9 Å². The molecule has 2 amide bonds. The van der Waals surface area contributed by atoms with Gasteiger partial charge in [-0.25, -0.2) is 4.79 Å². The summed E-state index contributed by atoms with van der Waals surface area (Å²) in [6.45, 7) is 2.20. The highest BCUT2D eigenvalue weighted by Crippen LogP contribution is 2.23. The lowest BCUT2D eigenvalue weighted by atomic mass is 10.1. The van der Waals surface area contributed by atoms with Crippen molar-refractivity contribution in [1.29, 1.82) is 0 Å². The molecule has 2 aromatic rings. The number of rotatable bonds is 2. The normalized spacial score (nSPS) is 16.0. The molecule has 0 aliphatic carbocycles. The maximum Gasteiger partial charge on any atom is 0.317 e. The molecule has 3 rings (SSSR count). The molecular weight excluding hydrogens is 304 g/mol. The molecule has 0 saturated carbocycles. The monoisotopic (exact) mass is 322 g/mol. The summed E-state index contributed by atoms with van der Waals surface area (Å²) in [6, 6.07) is 6.20. The van der Waals surface area contributed by atoms with Crippen molar-refractivity contribution in [2.75, 3.05) is 24.6 Å². The Hall–Kier alpha value is -1.34. The Labute approximate surface area is 131 Å². The van der Waals surface area contributed by atoms with Gasteiger partial charge < -0.3 is 10.2 Å². The van der Waals surface area contributed by atoms with Crippen molar-refractivity contribution in [3.05, 3.63) is 30.0 Å². The molecule has 1 aliphatic heterocycles. The fourth-order valence-corrected chi connectivity index (χ4v) is 4.30. The molecule has 1 aromatic carbocycles. The van der Waals surface area contributed by atoms with Crippen molar-refractivity contribution < 1.29 is 4.79 Å². The number of carbonyl (C=O) groups is 1. The first-order valence-corrected chi connectivity index (χ1v) is 9.41. The van der Waals surface area contributed by atoms with Crippen molar-refractivity contribution in [2.24, 2.45) is 7.05 Å². The van der Waals surface area contributed by atoms with E-state index in [0.717, 1.165) is 41.1 Å². The maximum absolute atomic E-state index is 12.2. The van der Waals surface area contributed by atoms with E-state index in [1.807, 2.05) is 56.5 Å². The number of hydrogen-bond donors (Lipinski definition) is 1. The van der Waals surface area contributed by atoms with Crippen LogP contribution in [0.1, 0.15) is 5.56 Å². The Morgan fingerprint density at radius 2 is 2.10 bits per heavy atom. The highest BCUT2D eigenvalue weighted by molar-refractivity contribution is 8.76. The summed E-state index contributed by atoms with van der Waals surface area (Å²) in [5.74, 6) is 2.00. The third-order valence-electron chi connectivity index (χ3n) is 3.52. The number of fused-ring (bicyclic) bond motifs is 1. The van der Waals surface area contributed by atoms with Crippen LogP contribution in [0, 0.1) is 0 Å². The van der Waals surface area contributed by atoms with Gasteiger partial charge in [-0.2, -0.15) is 5.10 Å². The van der Waals surface area contributed by atoms with Gasteiger partial charge in [-0.3, -0.25) is 4.68 Å². The smallest absolute Gasteiger partial charge is 0.317 e. The first-order valence-electron chi connectivity index (χ1n) is 6.92. The molecule has 0 unspecified atom stereocenters. The number of benzene rings is 1. The van der Waals surface area contributed by atoms with Gasteiger partial charge in [-0.05, 0) is 11.6 Å². The number of hydrogen-bond acceptors (Lipinski definition) is 4. The number of nitrogens with zero attached hydrogens (tertiary/aromatic N) is 3. The maximum atomic E-state index is 12.2. The quantitative estimate of drug-likeness (QED) is 0.863. The molecule has 0 bridgehead atoms. The van der Waals surface area contributed by atoms with E-state index in [0.29, 0.717) is 6.54 Å². The Kier molecular flexibility index (Phi) is 4.60. The number of amides is 2. The van der Waals surface area contributed by atoms with Crippen molar-refractivity contribution in [1.82, 2.24) is 20.0 Å². The van der Waals surface area contributed by atoms with Crippen molar-refractivity contribution >= 4 is 38.5 Å². The minimum atomic E-state index is 0.0307. The molecule has 7 heteroatoms. The summed E-state index contributed by atoms with van der Waals surface area (Å²) in [5, 5.41) is 8.36. The van der Waals surface area contributed by atoms with Crippen molar-refractivity contribution in [2.45, 2.75) is 6.54 Å². The van der Waals surface area contributed by atoms with Gasteiger partial charge in [-0.1, -0.05) is 33.7 Å². The molecule has 1 saturated heterocycles. The van der Waals surface area contributed by atoms with Gasteiger partial charge in [0.25, 0.3) is 0 Å². The largest absolute Gasteiger partial charge is 0.334 e. The highest BCUT2D eigenvalue weighted by Gasteiger charge is 2.15. The second-order valence-electron chi connectivity index (χ2n) is 4.95. The molecule has 5 nitrogen and oxygen atoms in total. The van der Waals surface area contributed by atoms with Crippen LogP contribution in [0.2, 0.25) is 0 Å². The molecule has 0 atom stereocenters. The van der Waals surface area contributed by atoms with E-state index < -0.39 is 0 Å². The van der Waals surface area contributed by atoms with Gasteiger partial charge in [-0.15, -0.1) is 0 Å². The molecule has 1 aliphatic rings. The van der Waals surface area contributed by atoms with Crippen LogP contribution < -0.4 is 5.32 Å². The lowest BCUT2D eigenvalue weighted by Gasteiger charge is -2.20. The van der Waals surface area contributed by atoms with E-state index in [1.165, 1.54) is 0 Å². The van der Waals surface area contributed by atoms with Gasteiger partial charge in [0.2, 0.25) is 0 Å². The zero-order chi connectivity index (χ0) is 14.7. The van der Waals surface area contributed by atoms with Crippen LogP contribution >= 0.6 is 21.6 Å². The summed E-state index contributed by atoms with van der Waals surface area (Å²) in [6.07, 6.45) is 1.85. The van der Waals surface area contributed by atoms with E-state index in [9.17, 15) is 4.79 Å². The summed E-state index contributed by atoms with van der Waals surface area (Å²) in [4.78, 5) is 14.1. The van der Waals surface area contributed by atoms with Gasteiger partial charge in [0.15, 0.2) is 0 Å². The van der Waals surface area contributed by atoms with Crippen LogP contribution in [-0.2, 0) is 13.6 Å². The standard InChI is InChI=1S/C14H18N4OS2/c1-17-13-8-11(2-3-12(13)10-16-17)9-15-14(19)18-4-6-20-21-7-5-18/h2-3,8,10H,4-7,9H2,1H3,(H,15,19). The lowest BCUT2D eigenvalue weighted by Crippen LogP contribution is -2.41. The highest BCUT2D eigenvalue weighted by atomic mass is 33.1. The molecule has 1 fully saturated rings. The van der Waals surface area contributed by atoms with Gasteiger partial charge >= 0.3 is 6.03 Å². The summed E-state index contributed by atoms with van der Waals surface area (Å²) < 4.78 is 1.85. The Morgan fingerprint density at radius 1 is 1.33 bits per heavy atom. The topological polar surface area (TPSA) is 50.2 Å². The van der Waals surface area contributed by atoms with Crippen LogP contribution in [0.4, 0.5) is 4.79 Å².